The van der Waals surface area contributed by atoms with Crippen molar-refractivity contribution in [1.29, 1.82) is 0 Å². The molecule has 2 aromatic carbocycles. The van der Waals surface area contributed by atoms with Crippen molar-refractivity contribution in [1.82, 2.24) is 19.6 Å². The van der Waals surface area contributed by atoms with Crippen LogP contribution in [-0.2, 0) is 30.3 Å². The fraction of sp³-hybridized carbons (Fsp3) is 0.741. The highest BCUT2D eigenvalue weighted by Crippen LogP contribution is 2.53. The number of piperidine rings is 2. The van der Waals surface area contributed by atoms with Gasteiger partial charge in [0.15, 0.2) is 11.3 Å². The number of alkyl halides is 2. The smallest absolute Gasteiger partial charge is 0.260 e. The van der Waals surface area contributed by atoms with E-state index in [1.165, 1.54) is 12.1 Å². The van der Waals surface area contributed by atoms with Gasteiger partial charge in [0.05, 0.1) is 11.2 Å². The van der Waals surface area contributed by atoms with Gasteiger partial charge in [-0.15, -0.1) is 0 Å². The molecule has 6 aliphatic heterocycles. The van der Waals surface area contributed by atoms with E-state index in [4.69, 9.17) is 9.47 Å². The first kappa shape index (κ1) is 47.2. The standard InChI is InChI=1S/2C27H36F2N2O3/c2*28-20-1-2-23(27(33)9-13-34-14-10-27)22(15-20)19-4-11-30(12-5-19)21-3-6-25(16-21)17-31(18-25)24(32)26(29)7-8-26/h2*1-2,15,19,21,33H,3-14,16-18H2/t2*21-/m10/s1. The zero-order valence-electron chi connectivity index (χ0n) is 39.8. The monoisotopic (exact) mass is 949 g/mol. The molecule has 6 saturated heterocycles. The number of hydrogen-bond acceptors (Lipinski definition) is 8. The Balaban J connectivity index is 0.000000149. The lowest BCUT2D eigenvalue weighted by atomic mass is 9.77. The van der Waals surface area contributed by atoms with Gasteiger partial charge in [-0.1, -0.05) is 12.1 Å². The highest BCUT2D eigenvalue weighted by Gasteiger charge is 2.60. The number of aliphatic hydroxyl groups is 2. The van der Waals surface area contributed by atoms with Crippen LogP contribution in [-0.4, -0.2) is 144 Å². The van der Waals surface area contributed by atoms with Crippen LogP contribution in [0.5, 0.6) is 0 Å². The predicted molar refractivity (Wildman–Crippen MR) is 247 cm³/mol. The van der Waals surface area contributed by atoms with Crippen molar-refractivity contribution < 1.29 is 46.8 Å². The molecule has 4 saturated carbocycles. The molecule has 10 fully saturated rings. The van der Waals surface area contributed by atoms with Crippen molar-refractivity contribution in [3.05, 3.63) is 70.3 Å². The van der Waals surface area contributed by atoms with Crippen LogP contribution in [0.15, 0.2) is 36.4 Å². The van der Waals surface area contributed by atoms with Crippen molar-refractivity contribution in [3.8, 4) is 0 Å². The third-order valence-corrected chi connectivity index (χ3v) is 18.8. The van der Waals surface area contributed by atoms with Gasteiger partial charge in [0.1, 0.15) is 11.6 Å². The molecule has 14 heteroatoms. The lowest BCUT2D eigenvalue weighted by Gasteiger charge is -2.49. The molecular formula is C54H72F4N4O6. The molecule has 372 valence electrons. The van der Waals surface area contributed by atoms with Gasteiger partial charge in [0.25, 0.3) is 11.8 Å². The molecule has 0 radical (unpaired) electrons. The second-order valence-electron chi connectivity index (χ2n) is 23.4. The highest BCUT2D eigenvalue weighted by molar-refractivity contribution is 5.89. The largest absolute Gasteiger partial charge is 0.385 e. The van der Waals surface area contributed by atoms with Crippen LogP contribution < -0.4 is 0 Å². The molecule has 2 amide bonds. The molecule has 2 atom stereocenters. The van der Waals surface area contributed by atoms with Crippen molar-refractivity contribution in [2.45, 2.75) is 162 Å². The van der Waals surface area contributed by atoms with Gasteiger partial charge in [0, 0.05) is 101 Å². The molecular weight excluding hydrogens is 877 g/mol. The van der Waals surface area contributed by atoms with E-state index in [1.807, 2.05) is 0 Å². The van der Waals surface area contributed by atoms with E-state index >= 15 is 0 Å². The van der Waals surface area contributed by atoms with Crippen molar-refractivity contribution >= 4 is 11.8 Å². The number of halogens is 4. The average Bonchev–Trinajstić information content (AvgIpc) is 4.14. The minimum Gasteiger partial charge on any atom is -0.385 e. The third-order valence-electron chi connectivity index (χ3n) is 18.8. The van der Waals surface area contributed by atoms with Gasteiger partial charge in [-0.3, -0.25) is 9.59 Å². The maximum absolute atomic E-state index is 14.2. The first-order valence-corrected chi connectivity index (χ1v) is 26.2. The third kappa shape index (κ3) is 9.07. The summed E-state index contributed by atoms with van der Waals surface area (Å²) in [7, 11) is 0. The summed E-state index contributed by atoms with van der Waals surface area (Å²) in [5, 5.41) is 22.6. The summed E-state index contributed by atoms with van der Waals surface area (Å²) < 4.78 is 67.7. The van der Waals surface area contributed by atoms with Crippen LogP contribution in [0.25, 0.3) is 0 Å². The zero-order chi connectivity index (χ0) is 47.1. The molecule has 10 aliphatic rings. The van der Waals surface area contributed by atoms with Gasteiger partial charge in [-0.2, -0.15) is 0 Å². The topological polar surface area (TPSA) is 106 Å². The van der Waals surface area contributed by atoms with E-state index in [-0.39, 0.29) is 46.1 Å². The Labute approximate surface area is 399 Å². The van der Waals surface area contributed by atoms with Crippen LogP contribution in [0.4, 0.5) is 17.6 Å². The Hall–Kier alpha value is -3.14. The number of benzene rings is 2. The number of likely N-dealkylation sites (tertiary alicyclic amines) is 4. The number of amides is 2. The second-order valence-corrected chi connectivity index (χ2v) is 23.4. The van der Waals surface area contributed by atoms with Crippen molar-refractivity contribution in [2.75, 3.05) is 78.8 Å². The fourth-order valence-corrected chi connectivity index (χ4v) is 14.3. The highest BCUT2D eigenvalue weighted by atomic mass is 19.2. The van der Waals surface area contributed by atoms with Gasteiger partial charge in [-0.05, 0) is 174 Å². The maximum Gasteiger partial charge on any atom is 0.260 e. The summed E-state index contributed by atoms with van der Waals surface area (Å²) in [5.41, 5.74) is -0.864. The quantitative estimate of drug-likeness (QED) is 0.259. The molecule has 6 heterocycles. The Bertz CT molecular complexity index is 2040. The molecule has 12 rings (SSSR count). The first-order chi connectivity index (χ1) is 32.6. The van der Waals surface area contributed by atoms with Gasteiger partial charge < -0.3 is 39.3 Å². The number of hydrogen-bond donors (Lipinski definition) is 2. The Morgan fingerprint density at radius 3 is 1.21 bits per heavy atom. The van der Waals surface area contributed by atoms with E-state index in [2.05, 4.69) is 9.80 Å². The van der Waals surface area contributed by atoms with E-state index in [1.54, 1.807) is 34.1 Å². The van der Waals surface area contributed by atoms with Crippen LogP contribution in [0, 0.1) is 22.5 Å². The van der Waals surface area contributed by atoms with Crippen molar-refractivity contribution in [3.63, 3.8) is 0 Å². The summed E-state index contributed by atoms with van der Waals surface area (Å²) >= 11 is 0. The minimum absolute atomic E-state index is 0.185. The van der Waals surface area contributed by atoms with Crippen LogP contribution in [0.3, 0.4) is 0 Å². The van der Waals surface area contributed by atoms with Gasteiger partial charge >= 0.3 is 0 Å². The summed E-state index contributed by atoms with van der Waals surface area (Å²) in [6, 6.07) is 10.8. The number of rotatable bonds is 8. The summed E-state index contributed by atoms with van der Waals surface area (Å²) in [6.07, 6.45) is 14.3. The van der Waals surface area contributed by atoms with Crippen LogP contribution >= 0.6 is 0 Å². The van der Waals surface area contributed by atoms with E-state index in [0.29, 0.717) is 89.9 Å². The first-order valence-electron chi connectivity index (χ1n) is 26.2. The summed E-state index contributed by atoms with van der Waals surface area (Å²) in [5.74, 6) is -0.528. The number of ether oxygens (including phenoxy) is 2. The van der Waals surface area contributed by atoms with Crippen LogP contribution in [0.1, 0.15) is 150 Å². The summed E-state index contributed by atoms with van der Waals surface area (Å²) in [6.45, 7) is 8.90. The maximum atomic E-state index is 14.2. The molecule has 10 nitrogen and oxygen atoms in total. The molecule has 0 unspecified atom stereocenters. The van der Waals surface area contributed by atoms with E-state index < -0.39 is 22.5 Å². The SMILES string of the molecule is O=C(N1CC2(CC[C@@H](N3CCC(c4cc(F)ccc4C4(O)CCOCC4)CC3)C2)C1)C1(F)CC1.O=C(N1CC2(CC[C@H](N3CCC(c4cc(F)ccc4C4(O)CCOCC4)CC3)C2)C1)C1(F)CC1. The lowest BCUT2D eigenvalue weighted by molar-refractivity contribution is -0.151. The van der Waals surface area contributed by atoms with E-state index in [9.17, 15) is 37.4 Å². The number of carbonyl (C=O) groups excluding carboxylic acids is 2. The Kier molecular flexibility index (Phi) is 12.4. The van der Waals surface area contributed by atoms with Gasteiger partial charge in [0.2, 0.25) is 0 Å². The average molecular weight is 949 g/mol. The molecule has 0 aromatic heterocycles. The van der Waals surface area contributed by atoms with Gasteiger partial charge in [-0.25, -0.2) is 17.6 Å². The molecule has 4 aliphatic carbocycles. The molecule has 2 aromatic rings. The van der Waals surface area contributed by atoms with Crippen LogP contribution in [0.2, 0.25) is 0 Å². The van der Waals surface area contributed by atoms with Crippen molar-refractivity contribution in [2.24, 2.45) is 10.8 Å². The Morgan fingerprint density at radius 2 is 0.868 bits per heavy atom. The molecule has 2 spiro atoms. The minimum atomic E-state index is -1.55. The fourth-order valence-electron chi connectivity index (χ4n) is 14.3. The lowest BCUT2D eigenvalue weighted by Crippen LogP contribution is -2.60. The Morgan fingerprint density at radius 1 is 0.515 bits per heavy atom. The summed E-state index contributed by atoms with van der Waals surface area (Å²) in [4.78, 5) is 33.2. The molecule has 2 N–H and O–H groups in total. The van der Waals surface area contributed by atoms with E-state index in [0.717, 1.165) is 139 Å². The number of carbonyl (C=O) groups is 2. The zero-order valence-corrected chi connectivity index (χ0v) is 39.8. The molecule has 68 heavy (non-hydrogen) atoms. The number of nitrogens with zero attached hydrogens (tertiary/aromatic N) is 4. The predicted octanol–water partition coefficient (Wildman–Crippen LogP) is 7.77. The normalized spacial score (nSPS) is 30.3. The second kappa shape index (κ2) is 17.9. The molecule has 0 bridgehead atoms.